The topological polar surface area (TPSA) is 0 Å². The minimum absolute atomic E-state index is 0.276. The summed E-state index contributed by atoms with van der Waals surface area (Å²) in [5, 5.41) is -3.01. The van der Waals surface area contributed by atoms with Crippen molar-refractivity contribution in [2.24, 2.45) is 5.92 Å². The van der Waals surface area contributed by atoms with Crippen molar-refractivity contribution in [1.29, 1.82) is 0 Å². The molecule has 1 rings (SSSR count). The van der Waals surface area contributed by atoms with Gasteiger partial charge in [0, 0.05) is 10.7 Å². The van der Waals surface area contributed by atoms with E-state index >= 15 is 0 Å². The molecule has 0 N–H and O–H groups in total. The Morgan fingerprint density at radius 2 is 1.64 bits per heavy atom. The van der Waals surface area contributed by atoms with Crippen LogP contribution in [-0.4, -0.2) is 14.8 Å². The highest BCUT2D eigenvalue weighted by Gasteiger charge is 2.58. The Morgan fingerprint density at radius 3 is 2.07 bits per heavy atom. The summed E-state index contributed by atoms with van der Waals surface area (Å²) >= 11 is 10.5. The Morgan fingerprint density at radius 1 is 1.14 bits per heavy atom. The molecule has 0 aliphatic heterocycles. The van der Waals surface area contributed by atoms with E-state index in [9.17, 15) is 13.2 Å². The summed E-state index contributed by atoms with van der Waals surface area (Å²) < 4.78 is 39.4. The van der Waals surface area contributed by atoms with Crippen molar-refractivity contribution >= 4 is 43.5 Å². The number of hydrogen-bond donors (Lipinski definition) is 0. The van der Waals surface area contributed by atoms with Gasteiger partial charge in [0.1, 0.15) is 0 Å². The summed E-state index contributed by atoms with van der Waals surface area (Å²) in [4.78, 5) is -3.96. The minimum atomic E-state index is -3.68. The van der Waals surface area contributed by atoms with E-state index < -0.39 is 15.9 Å². The summed E-state index contributed by atoms with van der Waals surface area (Å²) in [6.07, 6.45) is 2.74. The predicted molar refractivity (Wildman–Crippen MR) is 58.2 cm³/mol. The van der Waals surface area contributed by atoms with Gasteiger partial charge in [-0.25, -0.2) is 4.39 Å². The van der Waals surface area contributed by atoms with Crippen molar-refractivity contribution in [1.82, 2.24) is 0 Å². The van der Waals surface area contributed by atoms with Crippen LogP contribution in [-0.2, 0) is 0 Å². The molecule has 6 heteroatoms. The second-order valence-electron chi connectivity index (χ2n) is 3.53. The van der Waals surface area contributed by atoms with Gasteiger partial charge in [0.2, 0.25) is 0 Å². The predicted octanol–water partition coefficient (Wildman–Crippen LogP) is 4.83. The summed E-state index contributed by atoms with van der Waals surface area (Å²) in [7, 11) is 0. The fraction of sp³-hybridized carbons (Fsp3) is 1.00. The van der Waals surface area contributed by atoms with Crippen LogP contribution in [0.4, 0.5) is 13.2 Å². The molecule has 0 heterocycles. The van der Waals surface area contributed by atoms with E-state index in [0.29, 0.717) is 12.8 Å². The lowest BCUT2D eigenvalue weighted by atomic mass is 9.85. The Kier molecular flexibility index (Phi) is 4.21. The number of hydrogen-bond acceptors (Lipinski definition) is 0. The van der Waals surface area contributed by atoms with Gasteiger partial charge in [0.25, 0.3) is 5.13 Å². The van der Waals surface area contributed by atoms with Crippen LogP contribution in [0.5, 0.6) is 0 Å². The third kappa shape index (κ3) is 2.59. The van der Waals surface area contributed by atoms with Crippen molar-refractivity contribution in [2.75, 3.05) is 0 Å². The number of rotatable bonds is 2. The molecule has 0 radical (unpaired) electrons. The van der Waals surface area contributed by atoms with Crippen molar-refractivity contribution in [2.45, 2.75) is 40.5 Å². The van der Waals surface area contributed by atoms with Crippen LogP contribution in [0.2, 0.25) is 0 Å². The summed E-state index contributed by atoms with van der Waals surface area (Å²) in [6, 6.07) is 0. The molecule has 1 fully saturated rings. The lowest BCUT2D eigenvalue weighted by Gasteiger charge is -2.37. The molecule has 1 saturated carbocycles. The Hall–Kier alpha value is 1.04. The highest BCUT2D eigenvalue weighted by molar-refractivity contribution is 9.10. The van der Waals surface area contributed by atoms with Crippen LogP contribution in [0.25, 0.3) is 0 Å². The first kappa shape index (κ1) is 13.1. The summed E-state index contributed by atoms with van der Waals surface area (Å²) in [5.41, 5.74) is 0. The maximum atomic E-state index is 13.7. The van der Waals surface area contributed by atoms with E-state index in [1.54, 1.807) is 0 Å². The number of alkyl halides is 6. The maximum Gasteiger partial charge on any atom is 0.348 e. The molecule has 0 spiro atoms. The van der Waals surface area contributed by atoms with Crippen molar-refractivity contribution in [3.8, 4) is 0 Å². The molecule has 0 aromatic heterocycles. The van der Waals surface area contributed by atoms with Crippen LogP contribution in [0.15, 0.2) is 0 Å². The van der Waals surface area contributed by atoms with E-state index in [-0.39, 0.29) is 4.83 Å². The van der Waals surface area contributed by atoms with Crippen molar-refractivity contribution < 1.29 is 13.2 Å². The fourth-order valence-corrected chi connectivity index (χ4v) is 3.36. The van der Waals surface area contributed by atoms with Gasteiger partial charge in [0.15, 0.2) is 0 Å². The Balaban J connectivity index is 2.79. The lowest BCUT2D eigenvalue weighted by Crippen LogP contribution is -2.46. The molecule has 0 nitrogen and oxygen atoms in total. The highest BCUT2D eigenvalue weighted by atomic mass is 79.9. The zero-order valence-electron chi connectivity index (χ0n) is 7.25. The molecular weight excluding hydrogens is 348 g/mol. The van der Waals surface area contributed by atoms with Crippen LogP contribution in [0.3, 0.4) is 0 Å². The first-order chi connectivity index (χ1) is 6.27. The average molecular weight is 358 g/mol. The van der Waals surface area contributed by atoms with Gasteiger partial charge in [-0.15, -0.1) is 0 Å². The van der Waals surface area contributed by atoms with E-state index in [1.807, 2.05) is 15.9 Å². The molecule has 14 heavy (non-hydrogen) atoms. The van der Waals surface area contributed by atoms with Crippen molar-refractivity contribution in [3.63, 3.8) is 0 Å². The average Bonchev–Trinajstić information content (AvgIpc) is 2.02. The SMILES string of the molecule is FC(F)(Br)[C@@](F)(Cl)[C@H]1CCCC[C@@H]1Br. The van der Waals surface area contributed by atoms with Gasteiger partial charge in [-0.1, -0.05) is 40.4 Å². The van der Waals surface area contributed by atoms with Crippen LogP contribution >= 0.6 is 43.5 Å². The van der Waals surface area contributed by atoms with E-state index in [2.05, 4.69) is 15.9 Å². The van der Waals surface area contributed by atoms with Gasteiger partial charge in [0.05, 0.1) is 0 Å². The molecule has 0 aromatic carbocycles. The maximum absolute atomic E-state index is 13.7. The molecule has 0 saturated heterocycles. The smallest absolute Gasteiger partial charge is 0.218 e. The molecular formula is C8H10Br2ClF3. The Bertz CT molecular complexity index is 205. The third-order valence-electron chi connectivity index (χ3n) is 2.53. The molecule has 84 valence electrons. The standard InChI is InChI=1S/C8H10Br2ClF3/c9-6-4-2-1-3-5(6)7(11,12)8(10,13)14/h5-6H,1-4H2/t5-,6-,7+/m0/s1. The Labute approximate surface area is 103 Å². The largest absolute Gasteiger partial charge is 0.348 e. The molecule has 0 amide bonds. The van der Waals surface area contributed by atoms with E-state index in [4.69, 9.17) is 11.6 Å². The van der Waals surface area contributed by atoms with Gasteiger partial charge in [-0.3, -0.25) is 0 Å². The summed E-state index contributed by atoms with van der Waals surface area (Å²) in [6.45, 7) is 0. The van der Waals surface area contributed by atoms with E-state index in [1.165, 1.54) is 0 Å². The van der Waals surface area contributed by atoms with Crippen LogP contribution in [0.1, 0.15) is 25.7 Å². The molecule has 1 aliphatic carbocycles. The highest BCUT2D eigenvalue weighted by Crippen LogP contribution is 2.52. The first-order valence-corrected chi connectivity index (χ1v) is 6.44. The second-order valence-corrected chi connectivity index (χ2v) is 6.25. The van der Waals surface area contributed by atoms with Gasteiger partial charge >= 0.3 is 4.83 Å². The van der Waals surface area contributed by atoms with Crippen LogP contribution in [0, 0.1) is 5.92 Å². The number of halogens is 6. The van der Waals surface area contributed by atoms with Gasteiger partial charge in [-0.05, 0) is 28.8 Å². The molecule has 3 atom stereocenters. The molecule has 0 bridgehead atoms. The monoisotopic (exact) mass is 356 g/mol. The first-order valence-electron chi connectivity index (χ1n) is 4.35. The van der Waals surface area contributed by atoms with E-state index in [0.717, 1.165) is 12.8 Å². The van der Waals surface area contributed by atoms with Crippen molar-refractivity contribution in [3.05, 3.63) is 0 Å². The second kappa shape index (κ2) is 4.50. The normalized spacial score (nSPS) is 33.9. The molecule has 1 aliphatic rings. The quantitative estimate of drug-likeness (QED) is 0.620. The zero-order chi connectivity index (χ0) is 11.0. The van der Waals surface area contributed by atoms with Gasteiger partial charge in [-0.2, -0.15) is 8.78 Å². The van der Waals surface area contributed by atoms with Crippen LogP contribution < -0.4 is 0 Å². The minimum Gasteiger partial charge on any atom is -0.218 e. The zero-order valence-corrected chi connectivity index (χ0v) is 11.2. The lowest BCUT2D eigenvalue weighted by molar-refractivity contribution is -0.0447. The molecule has 0 unspecified atom stereocenters. The van der Waals surface area contributed by atoms with Gasteiger partial charge < -0.3 is 0 Å². The molecule has 0 aromatic rings. The summed E-state index contributed by atoms with van der Waals surface area (Å²) in [5.74, 6) is -0.854. The fourth-order valence-electron chi connectivity index (χ4n) is 1.70. The third-order valence-corrected chi connectivity index (χ3v) is 4.94.